The highest BCUT2D eigenvalue weighted by Crippen LogP contribution is 2.29. The van der Waals surface area contributed by atoms with E-state index >= 15 is 0 Å². The molecule has 6 heteroatoms. The van der Waals surface area contributed by atoms with Gasteiger partial charge in [0.1, 0.15) is 0 Å². The van der Waals surface area contributed by atoms with Gasteiger partial charge in [0.15, 0.2) is 0 Å². The monoisotopic (exact) mass is 358 g/mol. The Morgan fingerprint density at radius 2 is 1.61 bits per heavy atom. The first-order chi connectivity index (χ1) is 11.0. The molecule has 2 rings (SSSR count). The van der Waals surface area contributed by atoms with Crippen molar-refractivity contribution in [3.63, 3.8) is 0 Å². The lowest BCUT2D eigenvalue weighted by atomic mass is 10.2. The molecule has 1 saturated carbocycles. The molecule has 1 aromatic carbocycles. The van der Waals surface area contributed by atoms with Crippen LogP contribution in [0, 0.1) is 0 Å². The third kappa shape index (κ3) is 4.69. The van der Waals surface area contributed by atoms with E-state index in [9.17, 15) is 8.42 Å². The number of benzene rings is 1. The molecule has 0 radical (unpaired) electrons. The van der Waals surface area contributed by atoms with Crippen LogP contribution in [0.25, 0.3) is 0 Å². The molecule has 130 valence electrons. The standard InChI is InChI=1S/C17H27ClN2O2S/c1-3-19(4-2)13-14-20(16-7-5-6-8-16)23(21,22)17-11-9-15(18)10-12-17/h9-12,16H,3-8,13-14H2,1-2H3. The van der Waals surface area contributed by atoms with Crippen molar-refractivity contribution in [1.29, 1.82) is 0 Å². The van der Waals surface area contributed by atoms with Crippen LogP contribution in [0.2, 0.25) is 5.02 Å². The fourth-order valence-corrected chi connectivity index (χ4v) is 5.02. The van der Waals surface area contributed by atoms with Gasteiger partial charge in [0, 0.05) is 24.2 Å². The van der Waals surface area contributed by atoms with Gasteiger partial charge in [-0.05, 0) is 50.2 Å². The number of nitrogens with zero attached hydrogens (tertiary/aromatic N) is 2. The van der Waals surface area contributed by atoms with Crippen LogP contribution in [0.4, 0.5) is 0 Å². The summed E-state index contributed by atoms with van der Waals surface area (Å²) >= 11 is 5.89. The molecular formula is C17H27ClN2O2S. The van der Waals surface area contributed by atoms with Gasteiger partial charge in [0.25, 0.3) is 0 Å². The molecule has 0 atom stereocenters. The van der Waals surface area contributed by atoms with Gasteiger partial charge >= 0.3 is 0 Å². The highest BCUT2D eigenvalue weighted by atomic mass is 35.5. The molecule has 0 bridgehead atoms. The highest BCUT2D eigenvalue weighted by Gasteiger charge is 2.33. The van der Waals surface area contributed by atoms with E-state index in [2.05, 4.69) is 18.7 Å². The Balaban J connectivity index is 2.22. The summed E-state index contributed by atoms with van der Waals surface area (Å²) in [6.07, 6.45) is 4.15. The summed E-state index contributed by atoms with van der Waals surface area (Å²) in [5, 5.41) is 0.555. The van der Waals surface area contributed by atoms with E-state index in [0.717, 1.165) is 45.3 Å². The van der Waals surface area contributed by atoms with Crippen molar-refractivity contribution in [2.45, 2.75) is 50.5 Å². The van der Waals surface area contributed by atoms with Gasteiger partial charge in [0.05, 0.1) is 4.90 Å². The number of rotatable bonds is 8. The zero-order chi connectivity index (χ0) is 16.9. The van der Waals surface area contributed by atoms with Gasteiger partial charge in [0.2, 0.25) is 10.0 Å². The Morgan fingerprint density at radius 1 is 1.04 bits per heavy atom. The van der Waals surface area contributed by atoms with E-state index in [1.807, 2.05) is 0 Å². The lowest BCUT2D eigenvalue weighted by molar-refractivity contribution is 0.244. The van der Waals surface area contributed by atoms with Crippen LogP contribution in [0.15, 0.2) is 29.2 Å². The van der Waals surface area contributed by atoms with Gasteiger partial charge in [-0.2, -0.15) is 4.31 Å². The molecule has 0 spiro atoms. The summed E-state index contributed by atoms with van der Waals surface area (Å²) in [5.41, 5.74) is 0. The van der Waals surface area contributed by atoms with Crippen molar-refractivity contribution in [2.75, 3.05) is 26.2 Å². The zero-order valence-electron chi connectivity index (χ0n) is 14.0. The molecule has 1 aliphatic carbocycles. The fraction of sp³-hybridized carbons (Fsp3) is 0.647. The predicted molar refractivity (Wildman–Crippen MR) is 95.4 cm³/mol. The quantitative estimate of drug-likeness (QED) is 0.712. The van der Waals surface area contributed by atoms with Crippen LogP contribution in [-0.2, 0) is 10.0 Å². The van der Waals surface area contributed by atoms with Crippen molar-refractivity contribution in [3.05, 3.63) is 29.3 Å². The van der Waals surface area contributed by atoms with E-state index in [0.29, 0.717) is 16.5 Å². The number of hydrogen-bond acceptors (Lipinski definition) is 3. The molecule has 4 nitrogen and oxygen atoms in total. The summed E-state index contributed by atoms with van der Waals surface area (Å²) < 4.78 is 27.9. The Labute approximate surface area is 145 Å². The summed E-state index contributed by atoms with van der Waals surface area (Å²) in [7, 11) is -3.47. The Morgan fingerprint density at radius 3 is 2.13 bits per heavy atom. The Kier molecular flexibility index (Phi) is 6.89. The summed E-state index contributed by atoms with van der Waals surface area (Å²) in [5.74, 6) is 0. The molecule has 0 aliphatic heterocycles. The lowest BCUT2D eigenvalue weighted by Crippen LogP contribution is -2.43. The van der Waals surface area contributed by atoms with Crippen molar-refractivity contribution in [2.24, 2.45) is 0 Å². The summed E-state index contributed by atoms with van der Waals surface area (Å²) in [4.78, 5) is 2.60. The lowest BCUT2D eigenvalue weighted by Gasteiger charge is -2.30. The van der Waals surface area contributed by atoms with Crippen molar-refractivity contribution < 1.29 is 8.42 Å². The molecule has 0 N–H and O–H groups in total. The molecule has 1 aromatic rings. The van der Waals surface area contributed by atoms with E-state index in [1.165, 1.54) is 0 Å². The molecular weight excluding hydrogens is 332 g/mol. The molecule has 0 unspecified atom stereocenters. The minimum atomic E-state index is -3.47. The normalized spacial score (nSPS) is 16.6. The van der Waals surface area contributed by atoms with Crippen LogP contribution < -0.4 is 0 Å². The fourth-order valence-electron chi connectivity index (χ4n) is 3.21. The van der Waals surface area contributed by atoms with Crippen LogP contribution in [0.1, 0.15) is 39.5 Å². The molecule has 0 heterocycles. The van der Waals surface area contributed by atoms with E-state index < -0.39 is 10.0 Å². The van der Waals surface area contributed by atoms with Crippen LogP contribution in [0.3, 0.4) is 0 Å². The van der Waals surface area contributed by atoms with Gasteiger partial charge in [-0.15, -0.1) is 0 Å². The van der Waals surface area contributed by atoms with Crippen molar-refractivity contribution in [1.82, 2.24) is 9.21 Å². The summed E-state index contributed by atoms with van der Waals surface area (Å²) in [6.45, 7) is 7.42. The molecule has 0 aromatic heterocycles. The van der Waals surface area contributed by atoms with Crippen molar-refractivity contribution >= 4 is 21.6 Å². The average Bonchev–Trinajstić information content (AvgIpc) is 3.06. The third-order valence-electron chi connectivity index (χ3n) is 4.68. The number of hydrogen-bond donors (Lipinski definition) is 0. The molecule has 23 heavy (non-hydrogen) atoms. The second-order valence-electron chi connectivity index (χ2n) is 6.03. The second-order valence-corrected chi connectivity index (χ2v) is 8.36. The maximum absolute atomic E-state index is 13.1. The number of halogens is 1. The zero-order valence-corrected chi connectivity index (χ0v) is 15.6. The number of sulfonamides is 1. The SMILES string of the molecule is CCN(CC)CCN(C1CCCC1)S(=O)(=O)c1ccc(Cl)cc1. The van der Waals surface area contributed by atoms with E-state index in [1.54, 1.807) is 28.6 Å². The predicted octanol–water partition coefficient (Wildman–Crippen LogP) is 3.62. The van der Waals surface area contributed by atoms with Gasteiger partial charge < -0.3 is 4.90 Å². The first-order valence-electron chi connectivity index (χ1n) is 8.48. The van der Waals surface area contributed by atoms with E-state index in [-0.39, 0.29) is 6.04 Å². The minimum absolute atomic E-state index is 0.131. The minimum Gasteiger partial charge on any atom is -0.303 e. The van der Waals surface area contributed by atoms with Crippen LogP contribution in [-0.4, -0.2) is 49.8 Å². The molecule has 1 fully saturated rings. The van der Waals surface area contributed by atoms with Crippen LogP contribution in [0.5, 0.6) is 0 Å². The molecule has 0 saturated heterocycles. The first kappa shape index (κ1) is 18.7. The van der Waals surface area contributed by atoms with E-state index in [4.69, 9.17) is 11.6 Å². The van der Waals surface area contributed by atoms with Gasteiger partial charge in [-0.3, -0.25) is 0 Å². The maximum atomic E-state index is 13.1. The molecule has 0 amide bonds. The van der Waals surface area contributed by atoms with Crippen molar-refractivity contribution in [3.8, 4) is 0 Å². The van der Waals surface area contributed by atoms with Gasteiger partial charge in [-0.1, -0.05) is 38.3 Å². The first-order valence-corrected chi connectivity index (χ1v) is 10.3. The molecule has 1 aliphatic rings. The Bertz CT molecular complexity index is 579. The second kappa shape index (κ2) is 8.47. The van der Waals surface area contributed by atoms with Crippen LogP contribution >= 0.6 is 11.6 Å². The summed E-state index contributed by atoms with van der Waals surface area (Å²) in [6, 6.07) is 6.64. The topological polar surface area (TPSA) is 40.6 Å². The third-order valence-corrected chi connectivity index (χ3v) is 6.90. The average molecular weight is 359 g/mol. The number of likely N-dealkylation sites (N-methyl/N-ethyl adjacent to an activating group) is 1. The highest BCUT2D eigenvalue weighted by molar-refractivity contribution is 7.89. The largest absolute Gasteiger partial charge is 0.303 e. The smallest absolute Gasteiger partial charge is 0.243 e. The maximum Gasteiger partial charge on any atom is 0.243 e. The van der Waals surface area contributed by atoms with Gasteiger partial charge in [-0.25, -0.2) is 8.42 Å². The Hall–Kier alpha value is -0.620.